The van der Waals surface area contributed by atoms with Crippen LogP contribution in [0.3, 0.4) is 0 Å². The number of nitrogens with zero attached hydrogens (tertiary/aromatic N) is 1. The van der Waals surface area contributed by atoms with Gasteiger partial charge in [-0.2, -0.15) is 0 Å². The van der Waals surface area contributed by atoms with Gasteiger partial charge in [-0.15, -0.1) is 6.58 Å². The molecule has 0 aromatic heterocycles. The van der Waals surface area contributed by atoms with Crippen molar-refractivity contribution in [2.24, 2.45) is 16.8 Å². The molecule has 3 nitrogen and oxygen atoms in total. The zero-order chi connectivity index (χ0) is 29.7. The van der Waals surface area contributed by atoms with Gasteiger partial charge in [0.2, 0.25) is 0 Å². The molecule has 0 amide bonds. The number of rotatable bonds is 6. The van der Waals surface area contributed by atoms with Crippen molar-refractivity contribution >= 4 is 28.8 Å². The second-order valence-electron chi connectivity index (χ2n) is 10.3. The van der Waals surface area contributed by atoms with E-state index >= 15 is 0 Å². The molecule has 3 aromatic rings. The number of aliphatic imine (C=N–C) groups is 1. The van der Waals surface area contributed by atoms with Crippen LogP contribution in [-0.2, 0) is 0 Å². The second kappa shape index (κ2) is 16.1. The molecule has 2 N–H and O–H groups in total. The quantitative estimate of drug-likeness (QED) is 0.244. The summed E-state index contributed by atoms with van der Waals surface area (Å²) in [7, 11) is 3.84. The zero-order valence-corrected chi connectivity index (χ0v) is 25.7. The van der Waals surface area contributed by atoms with Crippen molar-refractivity contribution < 1.29 is 0 Å². The van der Waals surface area contributed by atoms with Gasteiger partial charge in [0, 0.05) is 37.1 Å². The average Bonchev–Trinajstić information content (AvgIpc) is 2.94. The topological polar surface area (TPSA) is 36.4 Å². The molecule has 3 heteroatoms. The van der Waals surface area contributed by atoms with E-state index in [2.05, 4.69) is 137 Å². The summed E-state index contributed by atoms with van der Waals surface area (Å²) in [5.41, 5.74) is 11.7. The van der Waals surface area contributed by atoms with Crippen LogP contribution >= 0.6 is 0 Å². The lowest BCUT2D eigenvalue weighted by atomic mass is 9.84. The smallest absolute Gasteiger partial charge is 0.0682 e. The summed E-state index contributed by atoms with van der Waals surface area (Å²) < 4.78 is 0. The molecule has 0 saturated heterocycles. The minimum Gasteiger partial charge on any atom is -0.388 e. The fourth-order valence-electron chi connectivity index (χ4n) is 4.57. The van der Waals surface area contributed by atoms with Crippen molar-refractivity contribution in [1.29, 1.82) is 0 Å². The largest absolute Gasteiger partial charge is 0.388 e. The van der Waals surface area contributed by atoms with Crippen LogP contribution in [0.25, 0.3) is 6.08 Å². The van der Waals surface area contributed by atoms with Crippen LogP contribution in [0.4, 0.5) is 17.1 Å². The van der Waals surface area contributed by atoms with Gasteiger partial charge in [-0.05, 0) is 81.5 Å². The number of aryl methyl sites for hydroxylation is 3. The first kappa shape index (κ1) is 32.1. The molecule has 1 aliphatic carbocycles. The summed E-state index contributed by atoms with van der Waals surface area (Å²) in [6.45, 7) is 20.2. The van der Waals surface area contributed by atoms with Crippen LogP contribution in [0.5, 0.6) is 0 Å². The molecule has 0 saturated carbocycles. The van der Waals surface area contributed by atoms with E-state index in [1.807, 2.05) is 33.2 Å². The van der Waals surface area contributed by atoms with Gasteiger partial charge in [0.25, 0.3) is 0 Å². The highest BCUT2D eigenvalue weighted by molar-refractivity contribution is 6.00. The van der Waals surface area contributed by atoms with Gasteiger partial charge >= 0.3 is 0 Å². The van der Waals surface area contributed by atoms with Gasteiger partial charge in [0.15, 0.2) is 0 Å². The Kier molecular flexibility index (Phi) is 12.9. The number of allylic oxidation sites excluding steroid dienone is 5. The normalized spacial score (nSPS) is 15.9. The predicted molar refractivity (Wildman–Crippen MR) is 180 cm³/mol. The Morgan fingerprint density at radius 3 is 1.93 bits per heavy atom. The molecule has 40 heavy (non-hydrogen) atoms. The molecule has 0 fully saturated rings. The molecule has 210 valence electrons. The SMILES string of the molecule is C=CC1C(C)=CC=CC1C.C=Cc1cc(C)cc(C)c1.CNc1ccc(C(C)=Nc2cc(NC)ccc2C)cc1. The third kappa shape index (κ3) is 9.89. The molecular formula is C37H47N3. The highest BCUT2D eigenvalue weighted by atomic mass is 14.8. The third-order valence-corrected chi connectivity index (χ3v) is 6.98. The van der Waals surface area contributed by atoms with E-state index in [4.69, 9.17) is 4.99 Å². The Balaban J connectivity index is 0.000000235. The lowest BCUT2D eigenvalue weighted by Gasteiger charge is -2.21. The maximum absolute atomic E-state index is 4.75. The van der Waals surface area contributed by atoms with Gasteiger partial charge in [-0.3, -0.25) is 4.99 Å². The van der Waals surface area contributed by atoms with Crippen molar-refractivity contribution in [3.63, 3.8) is 0 Å². The van der Waals surface area contributed by atoms with Gasteiger partial charge in [-0.25, -0.2) is 0 Å². The maximum Gasteiger partial charge on any atom is 0.0682 e. The minimum absolute atomic E-state index is 0.560. The van der Waals surface area contributed by atoms with Gasteiger partial charge in [-0.1, -0.05) is 97.0 Å². The standard InChI is InChI=1S/C17H21N3.C10H12.C10H14/c1-12-5-8-16(19-4)11-17(12)20-13(2)14-6-9-15(18-3)10-7-14;1-4-10-6-8(2)5-9(3)7-10;1-4-10-8(2)6-5-7-9(10)3/h5-11,18-19H,1-4H3;4-7H,1H2,2-3H3;4-8,10H,1H2,2-3H3. The number of anilines is 2. The van der Waals surface area contributed by atoms with E-state index < -0.39 is 0 Å². The summed E-state index contributed by atoms with van der Waals surface area (Å²) in [5, 5.41) is 6.26. The summed E-state index contributed by atoms with van der Waals surface area (Å²) in [5.74, 6) is 1.19. The van der Waals surface area contributed by atoms with Crippen molar-refractivity contribution in [1.82, 2.24) is 0 Å². The number of hydrogen-bond donors (Lipinski definition) is 2. The van der Waals surface area contributed by atoms with Crippen molar-refractivity contribution in [3.05, 3.63) is 132 Å². The zero-order valence-electron chi connectivity index (χ0n) is 25.7. The third-order valence-electron chi connectivity index (χ3n) is 6.98. The summed E-state index contributed by atoms with van der Waals surface area (Å²) >= 11 is 0. The Bertz CT molecular complexity index is 1340. The molecular weight excluding hydrogens is 486 g/mol. The molecule has 0 aliphatic heterocycles. The Morgan fingerprint density at radius 2 is 1.43 bits per heavy atom. The van der Waals surface area contributed by atoms with Crippen LogP contribution < -0.4 is 10.6 Å². The van der Waals surface area contributed by atoms with Crippen molar-refractivity contribution in [2.45, 2.75) is 41.5 Å². The maximum atomic E-state index is 4.75. The predicted octanol–water partition coefficient (Wildman–Crippen LogP) is 10.1. The van der Waals surface area contributed by atoms with E-state index in [1.54, 1.807) is 0 Å². The van der Waals surface area contributed by atoms with E-state index in [-0.39, 0.29) is 0 Å². The Labute approximate surface area is 243 Å². The molecule has 2 unspecified atom stereocenters. The molecule has 0 heterocycles. The second-order valence-corrected chi connectivity index (χ2v) is 10.3. The van der Waals surface area contributed by atoms with Gasteiger partial charge in [0.1, 0.15) is 0 Å². The summed E-state index contributed by atoms with van der Waals surface area (Å²) in [6, 6.07) is 20.9. The molecule has 0 bridgehead atoms. The fourth-order valence-corrected chi connectivity index (χ4v) is 4.57. The lowest BCUT2D eigenvalue weighted by molar-refractivity contribution is 0.576. The monoisotopic (exact) mass is 533 g/mol. The lowest BCUT2D eigenvalue weighted by Crippen LogP contribution is -2.10. The first-order valence-corrected chi connectivity index (χ1v) is 13.9. The van der Waals surface area contributed by atoms with Crippen LogP contribution in [-0.4, -0.2) is 19.8 Å². The van der Waals surface area contributed by atoms with E-state index in [0.29, 0.717) is 11.8 Å². The minimum atomic E-state index is 0.560. The van der Waals surface area contributed by atoms with Crippen LogP contribution in [0.2, 0.25) is 0 Å². The highest BCUT2D eigenvalue weighted by Crippen LogP contribution is 2.26. The fraction of sp³-hybridized carbons (Fsp3) is 0.270. The van der Waals surface area contributed by atoms with Crippen LogP contribution in [0.15, 0.2) is 109 Å². The van der Waals surface area contributed by atoms with E-state index in [0.717, 1.165) is 28.3 Å². The number of nitrogens with one attached hydrogen (secondary N) is 2. The molecule has 1 aliphatic rings. The van der Waals surface area contributed by atoms with E-state index in [1.165, 1.54) is 27.8 Å². The summed E-state index contributed by atoms with van der Waals surface area (Å²) in [4.78, 5) is 4.75. The summed E-state index contributed by atoms with van der Waals surface area (Å²) in [6.07, 6.45) is 10.4. The molecule has 0 spiro atoms. The average molecular weight is 534 g/mol. The Hall–Kier alpha value is -4.11. The van der Waals surface area contributed by atoms with Crippen molar-refractivity contribution in [3.8, 4) is 0 Å². The first-order chi connectivity index (χ1) is 19.1. The number of hydrogen-bond acceptors (Lipinski definition) is 3. The highest BCUT2D eigenvalue weighted by Gasteiger charge is 2.14. The first-order valence-electron chi connectivity index (χ1n) is 13.9. The number of benzene rings is 3. The van der Waals surface area contributed by atoms with Crippen LogP contribution in [0.1, 0.15) is 48.6 Å². The van der Waals surface area contributed by atoms with Gasteiger partial charge < -0.3 is 10.6 Å². The van der Waals surface area contributed by atoms with E-state index in [9.17, 15) is 0 Å². The van der Waals surface area contributed by atoms with Crippen molar-refractivity contribution in [2.75, 3.05) is 24.7 Å². The molecule has 2 atom stereocenters. The molecule has 4 rings (SSSR count). The van der Waals surface area contributed by atoms with Crippen LogP contribution in [0, 0.1) is 32.6 Å². The van der Waals surface area contributed by atoms with Gasteiger partial charge in [0.05, 0.1) is 5.69 Å². The molecule has 0 radical (unpaired) electrons. The molecule has 3 aromatic carbocycles. The Morgan fingerprint density at radius 1 is 0.825 bits per heavy atom.